The van der Waals surface area contributed by atoms with Crippen molar-refractivity contribution in [3.05, 3.63) is 105 Å². The van der Waals surface area contributed by atoms with Gasteiger partial charge in [0, 0.05) is 23.3 Å². The molecule has 2 aromatic carbocycles. The minimum absolute atomic E-state index is 0.193. The number of nitriles is 1. The second kappa shape index (κ2) is 11.1. The molecule has 0 bridgehead atoms. The molecule has 0 saturated heterocycles. The number of pyridine rings is 1. The number of aryl methyl sites for hydroxylation is 1. The molecule has 2 heterocycles. The van der Waals surface area contributed by atoms with Gasteiger partial charge in [0.1, 0.15) is 17.9 Å². The van der Waals surface area contributed by atoms with E-state index in [1.807, 2.05) is 47.9 Å². The van der Waals surface area contributed by atoms with Crippen molar-refractivity contribution in [1.29, 1.82) is 5.26 Å². The second-order valence-electron chi connectivity index (χ2n) is 8.19. The number of aromatic nitrogens is 4. The predicted octanol–water partition coefficient (Wildman–Crippen LogP) is 4.61. The lowest BCUT2D eigenvalue weighted by atomic mass is 10.1. The van der Waals surface area contributed by atoms with Crippen LogP contribution in [0.5, 0.6) is 5.75 Å². The van der Waals surface area contributed by atoms with Crippen LogP contribution in [0, 0.1) is 18.3 Å². The summed E-state index contributed by atoms with van der Waals surface area (Å²) in [4.78, 5) is 6.77. The van der Waals surface area contributed by atoms with Crippen molar-refractivity contribution in [2.45, 2.75) is 33.0 Å². The molecule has 172 valence electrons. The van der Waals surface area contributed by atoms with Crippen LogP contribution in [0.3, 0.4) is 0 Å². The number of benzene rings is 2. The average molecular weight is 517 g/mol. The third kappa shape index (κ3) is 6.28. The summed E-state index contributed by atoms with van der Waals surface area (Å²) < 4.78 is 3.07. The highest BCUT2D eigenvalue weighted by atomic mass is 79.9. The zero-order valence-electron chi connectivity index (χ0n) is 18.9. The van der Waals surface area contributed by atoms with Crippen LogP contribution in [-0.2, 0) is 26.1 Å². The number of hydrogen-bond acceptors (Lipinski definition) is 6. The largest absolute Gasteiger partial charge is 0.506 e. The lowest BCUT2D eigenvalue weighted by Crippen LogP contribution is -2.27. The highest BCUT2D eigenvalue weighted by Gasteiger charge is 2.15. The zero-order valence-corrected chi connectivity index (χ0v) is 20.5. The van der Waals surface area contributed by atoms with E-state index in [4.69, 9.17) is 5.26 Å². The molecule has 8 heteroatoms. The van der Waals surface area contributed by atoms with Crippen molar-refractivity contribution in [3.8, 4) is 11.8 Å². The molecule has 4 aromatic rings. The molecule has 2 aromatic heterocycles. The molecular formula is C26H25BrN6O. The van der Waals surface area contributed by atoms with Gasteiger partial charge < -0.3 is 9.67 Å². The summed E-state index contributed by atoms with van der Waals surface area (Å²) in [7, 11) is 0. The smallest absolute Gasteiger partial charge is 0.147 e. The van der Waals surface area contributed by atoms with Crippen LogP contribution in [0.4, 0.5) is 0 Å². The Morgan fingerprint density at radius 2 is 1.74 bits per heavy atom. The molecule has 0 radical (unpaired) electrons. The summed E-state index contributed by atoms with van der Waals surface area (Å²) in [6, 6.07) is 21.5. The quantitative estimate of drug-likeness (QED) is 0.349. The van der Waals surface area contributed by atoms with Crippen LogP contribution in [0.2, 0.25) is 0 Å². The lowest BCUT2D eigenvalue weighted by Gasteiger charge is -2.22. The molecule has 0 saturated carbocycles. The van der Waals surface area contributed by atoms with Crippen LogP contribution in [0.25, 0.3) is 0 Å². The molecule has 0 aliphatic rings. The van der Waals surface area contributed by atoms with Gasteiger partial charge in [0.2, 0.25) is 0 Å². The van der Waals surface area contributed by atoms with E-state index in [0.717, 1.165) is 34.5 Å². The first-order valence-corrected chi connectivity index (χ1v) is 11.8. The third-order valence-electron chi connectivity index (χ3n) is 5.59. The van der Waals surface area contributed by atoms with E-state index >= 15 is 0 Å². The SMILES string of the molecule is Cc1ccc(O)c(CN(CCc2ccc(Br)cc2)Cc2nncn2Cc2ccc(C#N)cc2)n1. The molecule has 4 rings (SSSR count). The van der Waals surface area contributed by atoms with Gasteiger partial charge in [0.25, 0.3) is 0 Å². The van der Waals surface area contributed by atoms with Gasteiger partial charge in [-0.2, -0.15) is 5.26 Å². The maximum Gasteiger partial charge on any atom is 0.147 e. The molecule has 0 aliphatic carbocycles. The predicted molar refractivity (Wildman–Crippen MR) is 133 cm³/mol. The van der Waals surface area contributed by atoms with Crippen molar-refractivity contribution in [1.82, 2.24) is 24.6 Å². The van der Waals surface area contributed by atoms with E-state index in [9.17, 15) is 5.11 Å². The van der Waals surface area contributed by atoms with Crippen molar-refractivity contribution in [3.63, 3.8) is 0 Å². The van der Waals surface area contributed by atoms with Crippen molar-refractivity contribution < 1.29 is 5.11 Å². The van der Waals surface area contributed by atoms with Crippen LogP contribution in [0.1, 0.15) is 33.9 Å². The molecule has 0 spiro atoms. The first-order valence-electron chi connectivity index (χ1n) is 11.0. The maximum absolute atomic E-state index is 10.4. The lowest BCUT2D eigenvalue weighted by molar-refractivity contribution is 0.243. The summed E-state index contributed by atoms with van der Waals surface area (Å²) in [6.45, 7) is 4.35. The Bertz CT molecular complexity index is 1280. The van der Waals surface area contributed by atoms with Gasteiger partial charge in [0.05, 0.1) is 30.4 Å². The Kier molecular flexibility index (Phi) is 7.68. The van der Waals surface area contributed by atoms with Gasteiger partial charge >= 0.3 is 0 Å². The molecule has 1 N–H and O–H groups in total. The third-order valence-corrected chi connectivity index (χ3v) is 6.12. The van der Waals surface area contributed by atoms with Gasteiger partial charge in [-0.15, -0.1) is 10.2 Å². The summed E-state index contributed by atoms with van der Waals surface area (Å²) in [5.41, 5.74) is 4.45. The fraction of sp³-hybridized carbons (Fsp3) is 0.231. The van der Waals surface area contributed by atoms with Crippen LogP contribution in [0.15, 0.2) is 71.5 Å². The number of rotatable bonds is 9. The fourth-order valence-corrected chi connectivity index (χ4v) is 3.96. The van der Waals surface area contributed by atoms with Gasteiger partial charge in [0.15, 0.2) is 0 Å². The standard InChI is InChI=1S/C26H25BrN6O/c1-19-2-11-25(34)24(30-19)16-32(13-12-20-7-9-23(27)10-8-20)17-26-31-29-18-33(26)15-22-5-3-21(14-28)4-6-22/h2-11,18,34H,12-13,15-17H2,1H3. The highest BCUT2D eigenvalue weighted by Crippen LogP contribution is 2.19. The Hall–Kier alpha value is -3.54. The van der Waals surface area contributed by atoms with Gasteiger partial charge in [-0.3, -0.25) is 9.88 Å². The Morgan fingerprint density at radius 1 is 1.00 bits per heavy atom. The van der Waals surface area contributed by atoms with Crippen LogP contribution >= 0.6 is 15.9 Å². The van der Waals surface area contributed by atoms with E-state index in [-0.39, 0.29) is 5.75 Å². The van der Waals surface area contributed by atoms with E-state index in [0.29, 0.717) is 30.9 Å². The summed E-state index contributed by atoms with van der Waals surface area (Å²) in [6.07, 6.45) is 2.58. The summed E-state index contributed by atoms with van der Waals surface area (Å²) in [5.74, 6) is 1.02. The molecule has 7 nitrogen and oxygen atoms in total. The maximum atomic E-state index is 10.4. The van der Waals surface area contributed by atoms with Crippen LogP contribution < -0.4 is 0 Å². The molecule has 34 heavy (non-hydrogen) atoms. The molecule has 0 fully saturated rings. The van der Waals surface area contributed by atoms with E-state index in [1.165, 1.54) is 5.56 Å². The summed E-state index contributed by atoms with van der Waals surface area (Å²) in [5, 5.41) is 27.9. The highest BCUT2D eigenvalue weighted by molar-refractivity contribution is 9.10. The minimum Gasteiger partial charge on any atom is -0.506 e. The number of halogens is 1. The Balaban J connectivity index is 1.52. The molecule has 0 atom stereocenters. The molecule has 0 amide bonds. The average Bonchev–Trinajstić information content (AvgIpc) is 3.27. The number of hydrogen-bond donors (Lipinski definition) is 1. The normalized spacial score (nSPS) is 11.0. The second-order valence-corrected chi connectivity index (χ2v) is 9.11. The Labute approximate surface area is 207 Å². The number of aromatic hydroxyl groups is 1. The molecule has 0 unspecified atom stereocenters. The zero-order chi connectivity index (χ0) is 23.9. The molecular weight excluding hydrogens is 492 g/mol. The van der Waals surface area contributed by atoms with E-state index in [2.05, 4.69) is 54.2 Å². The van der Waals surface area contributed by atoms with Crippen molar-refractivity contribution >= 4 is 15.9 Å². The minimum atomic E-state index is 0.193. The Morgan fingerprint density at radius 3 is 2.47 bits per heavy atom. The fourth-order valence-electron chi connectivity index (χ4n) is 3.70. The first kappa shape index (κ1) is 23.6. The van der Waals surface area contributed by atoms with E-state index in [1.54, 1.807) is 18.5 Å². The summed E-state index contributed by atoms with van der Waals surface area (Å²) >= 11 is 3.49. The van der Waals surface area contributed by atoms with Gasteiger partial charge in [-0.1, -0.05) is 40.2 Å². The van der Waals surface area contributed by atoms with Crippen molar-refractivity contribution in [2.24, 2.45) is 0 Å². The monoisotopic (exact) mass is 516 g/mol. The van der Waals surface area contributed by atoms with Gasteiger partial charge in [-0.25, -0.2) is 0 Å². The van der Waals surface area contributed by atoms with Gasteiger partial charge in [-0.05, 0) is 60.9 Å². The molecule has 0 aliphatic heterocycles. The van der Waals surface area contributed by atoms with Crippen molar-refractivity contribution in [2.75, 3.05) is 6.54 Å². The van der Waals surface area contributed by atoms with E-state index < -0.39 is 0 Å². The number of nitrogens with zero attached hydrogens (tertiary/aromatic N) is 6. The van der Waals surface area contributed by atoms with Crippen LogP contribution in [-0.4, -0.2) is 36.3 Å². The topological polar surface area (TPSA) is 90.9 Å². The first-order chi connectivity index (χ1) is 16.5.